The van der Waals surface area contributed by atoms with Crippen molar-refractivity contribution < 1.29 is 14.6 Å². The number of likely N-dealkylation sites (tertiary alicyclic amines) is 1. The van der Waals surface area contributed by atoms with Crippen LogP contribution in [0, 0.1) is 5.92 Å². The first-order valence-electron chi connectivity index (χ1n) is 6.24. The minimum absolute atomic E-state index is 0.102. The monoisotopic (exact) mass is 249 g/mol. The van der Waals surface area contributed by atoms with E-state index in [4.69, 9.17) is 9.84 Å². The van der Waals surface area contributed by atoms with Crippen LogP contribution in [-0.2, 0) is 11.2 Å². The van der Waals surface area contributed by atoms with E-state index in [1.807, 2.05) is 29.2 Å². The Morgan fingerprint density at radius 2 is 2.11 bits per heavy atom. The van der Waals surface area contributed by atoms with E-state index in [-0.39, 0.29) is 18.4 Å². The second-order valence-corrected chi connectivity index (χ2v) is 4.69. The van der Waals surface area contributed by atoms with Gasteiger partial charge in [0.1, 0.15) is 5.75 Å². The average Bonchev–Trinajstić information content (AvgIpc) is 2.77. The van der Waals surface area contributed by atoms with Crippen LogP contribution in [0.1, 0.15) is 12.0 Å². The van der Waals surface area contributed by atoms with Crippen LogP contribution in [0.5, 0.6) is 5.75 Å². The molecule has 1 aromatic rings. The zero-order chi connectivity index (χ0) is 13.0. The van der Waals surface area contributed by atoms with Crippen molar-refractivity contribution in [1.29, 1.82) is 0 Å². The van der Waals surface area contributed by atoms with Crippen molar-refractivity contribution in [1.82, 2.24) is 4.90 Å². The molecule has 4 heteroatoms. The summed E-state index contributed by atoms with van der Waals surface area (Å²) in [6.07, 6.45) is 1.33. The van der Waals surface area contributed by atoms with E-state index in [0.717, 1.165) is 18.7 Å². The number of methoxy groups -OCH3 is 1. The molecule has 1 saturated heterocycles. The highest BCUT2D eigenvalue weighted by molar-refractivity contribution is 5.78. The first kappa shape index (κ1) is 12.9. The van der Waals surface area contributed by atoms with Crippen LogP contribution in [0.3, 0.4) is 0 Å². The first-order valence-corrected chi connectivity index (χ1v) is 6.24. The van der Waals surface area contributed by atoms with E-state index in [1.165, 1.54) is 5.56 Å². The molecule has 0 aliphatic carbocycles. The number of nitrogens with zero attached hydrogens (tertiary/aromatic N) is 1. The lowest BCUT2D eigenvalue weighted by Crippen LogP contribution is -2.27. The van der Waals surface area contributed by atoms with Crippen LogP contribution in [-0.4, -0.2) is 42.7 Å². The molecular formula is C14H19NO3. The molecule has 0 bridgehead atoms. The van der Waals surface area contributed by atoms with E-state index in [0.29, 0.717) is 13.0 Å². The highest BCUT2D eigenvalue weighted by Gasteiger charge is 2.28. The number of benzene rings is 1. The summed E-state index contributed by atoms with van der Waals surface area (Å²) in [5, 5.41) is 9.05. The average molecular weight is 249 g/mol. The van der Waals surface area contributed by atoms with Gasteiger partial charge in [0.2, 0.25) is 5.91 Å². The molecule has 1 aliphatic rings. The van der Waals surface area contributed by atoms with Crippen LogP contribution in [0.2, 0.25) is 0 Å². The van der Waals surface area contributed by atoms with Gasteiger partial charge in [0.05, 0.1) is 7.11 Å². The Morgan fingerprint density at radius 1 is 1.39 bits per heavy atom. The maximum Gasteiger partial charge on any atom is 0.223 e. The molecule has 1 atom stereocenters. The summed E-state index contributed by atoms with van der Waals surface area (Å²) in [7, 11) is 1.65. The lowest BCUT2D eigenvalue weighted by Gasteiger charge is -2.16. The van der Waals surface area contributed by atoms with Gasteiger partial charge < -0.3 is 14.7 Å². The van der Waals surface area contributed by atoms with Gasteiger partial charge in [-0.15, -0.1) is 0 Å². The number of hydrogen-bond acceptors (Lipinski definition) is 3. The Labute approximate surface area is 107 Å². The van der Waals surface area contributed by atoms with E-state index < -0.39 is 0 Å². The molecule has 1 aromatic carbocycles. The highest BCUT2D eigenvalue weighted by atomic mass is 16.5. The molecule has 1 aliphatic heterocycles. The Morgan fingerprint density at radius 3 is 2.67 bits per heavy atom. The van der Waals surface area contributed by atoms with Gasteiger partial charge in [-0.25, -0.2) is 0 Å². The molecule has 18 heavy (non-hydrogen) atoms. The third kappa shape index (κ3) is 3.01. The van der Waals surface area contributed by atoms with Gasteiger partial charge in [-0.05, 0) is 24.1 Å². The standard InChI is InChI=1S/C14H19NO3/c1-18-13-4-2-11(3-5-13)6-7-15-9-12(10-16)8-14(15)17/h2-5,12,16H,6-10H2,1H3/t12-/m1/s1. The van der Waals surface area contributed by atoms with Gasteiger partial charge in [0.15, 0.2) is 0 Å². The van der Waals surface area contributed by atoms with Crippen LogP contribution >= 0.6 is 0 Å². The van der Waals surface area contributed by atoms with E-state index >= 15 is 0 Å². The normalized spacial score (nSPS) is 19.3. The second kappa shape index (κ2) is 5.87. The molecule has 1 fully saturated rings. The molecule has 1 heterocycles. The van der Waals surface area contributed by atoms with Crippen molar-refractivity contribution >= 4 is 5.91 Å². The lowest BCUT2D eigenvalue weighted by molar-refractivity contribution is -0.127. The summed E-state index contributed by atoms with van der Waals surface area (Å²) >= 11 is 0. The predicted molar refractivity (Wildman–Crippen MR) is 68.5 cm³/mol. The molecule has 0 saturated carbocycles. The Balaban J connectivity index is 1.85. The molecule has 98 valence electrons. The van der Waals surface area contributed by atoms with E-state index in [2.05, 4.69) is 0 Å². The fourth-order valence-electron chi connectivity index (χ4n) is 2.25. The summed E-state index contributed by atoms with van der Waals surface area (Å²) in [6.45, 7) is 1.51. The minimum atomic E-state index is 0.102. The number of carbonyl (C=O) groups excluding carboxylic acids is 1. The molecule has 1 N–H and O–H groups in total. The number of ether oxygens (including phenoxy) is 1. The smallest absolute Gasteiger partial charge is 0.223 e. The molecule has 4 nitrogen and oxygen atoms in total. The Hall–Kier alpha value is -1.55. The number of rotatable bonds is 5. The van der Waals surface area contributed by atoms with Crippen molar-refractivity contribution in [3.63, 3.8) is 0 Å². The Bertz CT molecular complexity index is 402. The summed E-state index contributed by atoms with van der Waals surface area (Å²) in [6, 6.07) is 7.89. The van der Waals surface area contributed by atoms with Gasteiger partial charge in [-0.1, -0.05) is 12.1 Å². The topological polar surface area (TPSA) is 49.8 Å². The molecule has 2 rings (SSSR count). The summed E-state index contributed by atoms with van der Waals surface area (Å²) in [5.41, 5.74) is 1.19. The molecule has 0 aromatic heterocycles. The maximum absolute atomic E-state index is 11.7. The molecule has 1 amide bonds. The fourth-order valence-corrected chi connectivity index (χ4v) is 2.25. The zero-order valence-corrected chi connectivity index (χ0v) is 10.6. The van der Waals surface area contributed by atoms with Crippen molar-refractivity contribution in [2.75, 3.05) is 26.8 Å². The van der Waals surface area contributed by atoms with Crippen molar-refractivity contribution in [3.8, 4) is 5.75 Å². The number of aliphatic hydroxyl groups excluding tert-OH is 1. The lowest BCUT2D eigenvalue weighted by atomic mass is 10.1. The highest BCUT2D eigenvalue weighted by Crippen LogP contribution is 2.18. The molecule has 0 spiro atoms. The molecular weight excluding hydrogens is 230 g/mol. The summed E-state index contributed by atoms with van der Waals surface area (Å²) in [4.78, 5) is 13.5. The van der Waals surface area contributed by atoms with Crippen molar-refractivity contribution in [2.24, 2.45) is 5.92 Å². The number of hydrogen-bond donors (Lipinski definition) is 1. The maximum atomic E-state index is 11.7. The third-order valence-corrected chi connectivity index (χ3v) is 3.38. The first-order chi connectivity index (χ1) is 8.72. The summed E-state index contributed by atoms with van der Waals surface area (Å²) in [5.74, 6) is 1.12. The van der Waals surface area contributed by atoms with Crippen LogP contribution in [0.15, 0.2) is 24.3 Å². The van der Waals surface area contributed by atoms with Crippen molar-refractivity contribution in [3.05, 3.63) is 29.8 Å². The molecule has 0 unspecified atom stereocenters. The minimum Gasteiger partial charge on any atom is -0.497 e. The quantitative estimate of drug-likeness (QED) is 0.849. The molecule has 0 radical (unpaired) electrons. The van der Waals surface area contributed by atoms with E-state index in [9.17, 15) is 4.79 Å². The van der Waals surface area contributed by atoms with Crippen LogP contribution in [0.25, 0.3) is 0 Å². The van der Waals surface area contributed by atoms with Gasteiger partial charge in [0.25, 0.3) is 0 Å². The van der Waals surface area contributed by atoms with Crippen LogP contribution in [0.4, 0.5) is 0 Å². The fraction of sp³-hybridized carbons (Fsp3) is 0.500. The number of carbonyl (C=O) groups is 1. The number of aliphatic hydroxyl groups is 1. The van der Waals surface area contributed by atoms with E-state index in [1.54, 1.807) is 7.11 Å². The Kier molecular flexibility index (Phi) is 4.20. The second-order valence-electron chi connectivity index (χ2n) is 4.69. The third-order valence-electron chi connectivity index (χ3n) is 3.38. The van der Waals surface area contributed by atoms with Gasteiger partial charge in [-0.3, -0.25) is 4.79 Å². The summed E-state index contributed by atoms with van der Waals surface area (Å²) < 4.78 is 5.10. The largest absolute Gasteiger partial charge is 0.497 e. The van der Waals surface area contributed by atoms with Gasteiger partial charge in [0, 0.05) is 32.0 Å². The van der Waals surface area contributed by atoms with Gasteiger partial charge >= 0.3 is 0 Å². The van der Waals surface area contributed by atoms with Crippen LogP contribution < -0.4 is 4.74 Å². The van der Waals surface area contributed by atoms with Crippen molar-refractivity contribution in [2.45, 2.75) is 12.8 Å². The predicted octanol–water partition coefficient (Wildman–Crippen LogP) is 1.08. The SMILES string of the molecule is COc1ccc(CCN2C[C@H](CO)CC2=O)cc1. The zero-order valence-electron chi connectivity index (χ0n) is 10.6. The van der Waals surface area contributed by atoms with Gasteiger partial charge in [-0.2, -0.15) is 0 Å². The number of amides is 1.